The maximum absolute atomic E-state index is 14.0. The molecule has 0 aliphatic rings. The van der Waals surface area contributed by atoms with Crippen LogP contribution in [0.5, 0.6) is 11.5 Å². The van der Waals surface area contributed by atoms with Crippen LogP contribution >= 0.6 is 23.4 Å². The van der Waals surface area contributed by atoms with Crippen LogP contribution in [0.3, 0.4) is 0 Å². The number of carbonyl (C=O) groups excluding carboxylic acids is 1. The molecule has 7 nitrogen and oxygen atoms in total. The van der Waals surface area contributed by atoms with Crippen LogP contribution in [0, 0.1) is 11.6 Å². The van der Waals surface area contributed by atoms with Gasteiger partial charge in [0.25, 0.3) is 0 Å². The molecule has 0 saturated heterocycles. The van der Waals surface area contributed by atoms with Crippen LogP contribution in [0.2, 0.25) is 5.02 Å². The van der Waals surface area contributed by atoms with Crippen LogP contribution in [-0.2, 0) is 11.3 Å². The lowest BCUT2D eigenvalue weighted by molar-refractivity contribution is -0.113. The van der Waals surface area contributed by atoms with Crippen molar-refractivity contribution in [2.75, 3.05) is 18.2 Å². The van der Waals surface area contributed by atoms with Crippen molar-refractivity contribution in [2.45, 2.75) is 24.7 Å². The molecule has 1 atom stereocenters. The third kappa shape index (κ3) is 6.23. The number of nitrogens with zero attached hydrogens (tertiary/aromatic N) is 3. The van der Waals surface area contributed by atoms with Gasteiger partial charge in [-0.3, -0.25) is 9.36 Å². The number of carbonyl (C=O) groups is 1. The van der Waals surface area contributed by atoms with Crippen molar-refractivity contribution >= 4 is 35.0 Å². The third-order valence-corrected chi connectivity index (χ3v) is 5.59. The normalized spacial score (nSPS) is 11.7. The van der Waals surface area contributed by atoms with E-state index in [-0.39, 0.29) is 17.4 Å². The van der Waals surface area contributed by atoms with Gasteiger partial charge in [-0.15, -0.1) is 16.8 Å². The standard InChI is InChI=1S/C22H21ClF2N4O3S/c1-4-9-29-21(13(2)32-18-8-6-15(24)11-16(18)25)27-28-22(29)33-12-20(30)26-17-10-14(23)5-7-19(17)31-3/h4-8,10-11,13H,1,9,12H2,2-3H3,(H,26,30). The molecule has 0 aliphatic heterocycles. The van der Waals surface area contributed by atoms with Gasteiger partial charge < -0.3 is 14.8 Å². The minimum absolute atomic E-state index is 0.0345. The van der Waals surface area contributed by atoms with E-state index in [1.807, 2.05) is 0 Å². The summed E-state index contributed by atoms with van der Waals surface area (Å²) >= 11 is 7.15. The van der Waals surface area contributed by atoms with Crippen molar-refractivity contribution in [3.8, 4) is 11.5 Å². The molecule has 33 heavy (non-hydrogen) atoms. The monoisotopic (exact) mass is 494 g/mol. The summed E-state index contributed by atoms with van der Waals surface area (Å²) in [4.78, 5) is 12.5. The van der Waals surface area contributed by atoms with Gasteiger partial charge in [0, 0.05) is 17.6 Å². The third-order valence-electron chi connectivity index (χ3n) is 4.39. The van der Waals surface area contributed by atoms with Gasteiger partial charge in [0.1, 0.15) is 11.6 Å². The molecule has 3 aromatic rings. The van der Waals surface area contributed by atoms with E-state index < -0.39 is 17.7 Å². The van der Waals surface area contributed by atoms with E-state index in [1.54, 1.807) is 35.8 Å². The smallest absolute Gasteiger partial charge is 0.234 e. The van der Waals surface area contributed by atoms with E-state index in [0.717, 1.165) is 23.9 Å². The van der Waals surface area contributed by atoms with Gasteiger partial charge in [0.05, 0.1) is 18.6 Å². The first-order valence-electron chi connectivity index (χ1n) is 9.74. The highest BCUT2D eigenvalue weighted by Crippen LogP contribution is 2.29. The van der Waals surface area contributed by atoms with E-state index in [1.165, 1.54) is 13.2 Å². The number of rotatable bonds is 10. The van der Waals surface area contributed by atoms with Crippen molar-refractivity contribution < 1.29 is 23.0 Å². The summed E-state index contributed by atoms with van der Waals surface area (Å²) in [5.41, 5.74) is 0.451. The molecule has 0 radical (unpaired) electrons. The maximum Gasteiger partial charge on any atom is 0.234 e. The lowest BCUT2D eigenvalue weighted by atomic mass is 10.3. The van der Waals surface area contributed by atoms with Gasteiger partial charge in [-0.1, -0.05) is 29.4 Å². The molecule has 0 saturated carbocycles. The van der Waals surface area contributed by atoms with Crippen LogP contribution < -0.4 is 14.8 Å². The molecule has 0 aliphatic carbocycles. The van der Waals surface area contributed by atoms with Crippen molar-refractivity contribution in [3.05, 3.63) is 71.5 Å². The Labute approximate surface area is 198 Å². The zero-order valence-electron chi connectivity index (χ0n) is 17.8. The van der Waals surface area contributed by atoms with E-state index in [9.17, 15) is 13.6 Å². The van der Waals surface area contributed by atoms with Crippen molar-refractivity contribution in [1.29, 1.82) is 0 Å². The van der Waals surface area contributed by atoms with E-state index in [2.05, 4.69) is 22.1 Å². The Hall–Kier alpha value is -3.11. The molecule has 2 aromatic carbocycles. The van der Waals surface area contributed by atoms with Crippen molar-refractivity contribution in [3.63, 3.8) is 0 Å². The van der Waals surface area contributed by atoms with E-state index in [4.69, 9.17) is 21.1 Å². The fraction of sp³-hybridized carbons (Fsp3) is 0.227. The number of amides is 1. The summed E-state index contributed by atoms with van der Waals surface area (Å²) in [5, 5.41) is 11.9. The molecule has 1 amide bonds. The number of hydrogen-bond acceptors (Lipinski definition) is 6. The molecule has 11 heteroatoms. The Morgan fingerprint density at radius 1 is 1.27 bits per heavy atom. The Kier molecular flexibility index (Phi) is 8.29. The van der Waals surface area contributed by atoms with Crippen LogP contribution in [-0.4, -0.2) is 33.5 Å². The maximum atomic E-state index is 14.0. The minimum Gasteiger partial charge on any atom is -0.495 e. The summed E-state index contributed by atoms with van der Waals surface area (Å²) in [7, 11) is 1.49. The molecule has 3 rings (SSSR count). The van der Waals surface area contributed by atoms with Crippen molar-refractivity contribution in [2.24, 2.45) is 0 Å². The number of benzene rings is 2. The SMILES string of the molecule is C=CCn1c(SCC(=O)Nc2cc(Cl)ccc2OC)nnc1C(C)Oc1ccc(F)cc1F. The quantitative estimate of drug-likeness (QED) is 0.305. The van der Waals surface area contributed by atoms with Crippen LogP contribution in [0.15, 0.2) is 54.2 Å². The van der Waals surface area contributed by atoms with Gasteiger partial charge in [-0.2, -0.15) is 0 Å². The van der Waals surface area contributed by atoms with Gasteiger partial charge in [-0.25, -0.2) is 8.78 Å². The fourth-order valence-electron chi connectivity index (χ4n) is 2.92. The first kappa shape index (κ1) is 24.5. The second-order valence-corrected chi connectivity index (χ2v) is 8.14. The molecule has 1 heterocycles. The number of anilines is 1. The Balaban J connectivity index is 1.70. The Morgan fingerprint density at radius 2 is 2.03 bits per heavy atom. The van der Waals surface area contributed by atoms with Crippen LogP contribution in [0.25, 0.3) is 0 Å². The van der Waals surface area contributed by atoms with Gasteiger partial charge in [0.2, 0.25) is 5.91 Å². The first-order valence-corrected chi connectivity index (χ1v) is 11.1. The summed E-state index contributed by atoms with van der Waals surface area (Å²) < 4.78 is 39.6. The second kappa shape index (κ2) is 11.2. The number of nitrogens with one attached hydrogen (secondary N) is 1. The average Bonchev–Trinajstić information content (AvgIpc) is 3.17. The number of halogens is 3. The number of aromatic nitrogens is 3. The molecular weight excluding hydrogens is 474 g/mol. The Bertz CT molecular complexity index is 1160. The molecule has 174 valence electrons. The molecule has 1 aromatic heterocycles. The molecular formula is C22H21ClF2N4O3S. The minimum atomic E-state index is -0.820. The van der Waals surface area contributed by atoms with Gasteiger partial charge >= 0.3 is 0 Å². The van der Waals surface area contributed by atoms with E-state index in [0.29, 0.717) is 34.0 Å². The number of hydrogen-bond donors (Lipinski definition) is 1. The number of thioether (sulfide) groups is 1. The molecule has 0 bridgehead atoms. The highest BCUT2D eigenvalue weighted by molar-refractivity contribution is 7.99. The molecule has 1 N–H and O–H groups in total. The highest BCUT2D eigenvalue weighted by atomic mass is 35.5. The summed E-state index contributed by atoms with van der Waals surface area (Å²) in [6.07, 6.45) is 0.940. The Morgan fingerprint density at radius 3 is 2.73 bits per heavy atom. The highest BCUT2D eigenvalue weighted by Gasteiger charge is 2.21. The molecule has 0 spiro atoms. The number of methoxy groups -OCH3 is 1. The summed E-state index contributed by atoms with van der Waals surface area (Å²) in [6.45, 7) is 5.74. The largest absolute Gasteiger partial charge is 0.495 e. The zero-order chi connectivity index (χ0) is 24.0. The van der Waals surface area contributed by atoms with Gasteiger partial charge in [-0.05, 0) is 37.3 Å². The van der Waals surface area contributed by atoms with Crippen molar-refractivity contribution in [1.82, 2.24) is 14.8 Å². The van der Waals surface area contributed by atoms with E-state index >= 15 is 0 Å². The average molecular weight is 495 g/mol. The topological polar surface area (TPSA) is 78.3 Å². The summed E-state index contributed by atoms with van der Waals surface area (Å²) in [6, 6.07) is 7.96. The number of ether oxygens (including phenoxy) is 2. The van der Waals surface area contributed by atoms with Crippen LogP contribution in [0.1, 0.15) is 18.9 Å². The fourth-order valence-corrected chi connectivity index (χ4v) is 3.84. The second-order valence-electron chi connectivity index (χ2n) is 6.76. The molecule has 0 fully saturated rings. The predicted octanol–water partition coefficient (Wildman–Crippen LogP) is 5.28. The predicted molar refractivity (Wildman–Crippen MR) is 123 cm³/mol. The van der Waals surface area contributed by atoms with Gasteiger partial charge in [0.15, 0.2) is 28.7 Å². The number of allylic oxidation sites excluding steroid dienone is 1. The zero-order valence-corrected chi connectivity index (χ0v) is 19.4. The molecule has 1 unspecified atom stereocenters. The lowest BCUT2D eigenvalue weighted by Gasteiger charge is -2.16. The lowest BCUT2D eigenvalue weighted by Crippen LogP contribution is -2.16. The summed E-state index contributed by atoms with van der Waals surface area (Å²) in [5.74, 6) is -1.01. The first-order chi connectivity index (χ1) is 15.8. The van der Waals surface area contributed by atoms with Crippen LogP contribution in [0.4, 0.5) is 14.5 Å².